The molecule has 20 heavy (non-hydrogen) atoms. The third kappa shape index (κ3) is 2.77. The van der Waals surface area contributed by atoms with Gasteiger partial charge in [-0.05, 0) is 65.3 Å². The van der Waals surface area contributed by atoms with Gasteiger partial charge < -0.3 is 0 Å². The third-order valence-electron chi connectivity index (χ3n) is 4.39. The number of halogens is 1. The highest BCUT2D eigenvalue weighted by Gasteiger charge is 2.14. The predicted molar refractivity (Wildman–Crippen MR) is 84.1 cm³/mol. The Bertz CT molecular complexity index is 639. The maximum absolute atomic E-state index is 13.2. The fourth-order valence-electron chi connectivity index (χ4n) is 3.24. The van der Waals surface area contributed by atoms with Gasteiger partial charge in [0, 0.05) is 0 Å². The molecule has 0 heterocycles. The summed E-state index contributed by atoms with van der Waals surface area (Å²) < 4.78 is 13.2. The van der Waals surface area contributed by atoms with E-state index in [2.05, 4.69) is 25.1 Å². The predicted octanol–water partition coefficient (Wildman–Crippen LogP) is 5.96. The highest BCUT2D eigenvalue weighted by Crippen LogP contribution is 2.33. The topological polar surface area (TPSA) is 0 Å². The summed E-state index contributed by atoms with van der Waals surface area (Å²) >= 11 is 0. The summed E-state index contributed by atoms with van der Waals surface area (Å²) in [4.78, 5) is 0. The van der Waals surface area contributed by atoms with Crippen molar-refractivity contribution in [2.75, 3.05) is 0 Å². The normalized spacial score (nSPS) is 19.1. The standard InChI is InChI=1S/C19H21F/c1-2-3-14-4-6-15(7-5-14)16-8-9-18-13-19(20)11-10-17(18)12-16/h6,8-14H,2-5,7H2,1H3. The van der Waals surface area contributed by atoms with E-state index in [0.717, 1.165) is 16.7 Å². The van der Waals surface area contributed by atoms with Crippen molar-refractivity contribution in [3.63, 3.8) is 0 Å². The highest BCUT2D eigenvalue weighted by atomic mass is 19.1. The molecule has 1 atom stereocenters. The molecule has 1 unspecified atom stereocenters. The molecule has 0 fully saturated rings. The summed E-state index contributed by atoms with van der Waals surface area (Å²) in [6, 6.07) is 11.4. The number of rotatable bonds is 3. The van der Waals surface area contributed by atoms with Crippen molar-refractivity contribution in [2.45, 2.75) is 39.0 Å². The minimum atomic E-state index is -0.162. The summed E-state index contributed by atoms with van der Waals surface area (Å²) in [7, 11) is 0. The molecule has 1 aliphatic rings. The molecule has 1 aliphatic carbocycles. The van der Waals surface area contributed by atoms with Gasteiger partial charge in [0.1, 0.15) is 5.82 Å². The van der Waals surface area contributed by atoms with Gasteiger partial charge >= 0.3 is 0 Å². The number of benzene rings is 2. The fourth-order valence-corrected chi connectivity index (χ4v) is 3.24. The Hall–Kier alpha value is -1.63. The molecule has 0 N–H and O–H groups in total. The molecular weight excluding hydrogens is 247 g/mol. The molecule has 0 nitrogen and oxygen atoms in total. The van der Waals surface area contributed by atoms with E-state index in [4.69, 9.17) is 0 Å². The molecule has 0 saturated heterocycles. The van der Waals surface area contributed by atoms with Crippen LogP contribution in [0.2, 0.25) is 0 Å². The van der Waals surface area contributed by atoms with Gasteiger partial charge in [-0.2, -0.15) is 0 Å². The zero-order valence-corrected chi connectivity index (χ0v) is 12.0. The SMILES string of the molecule is CCCC1CC=C(c2ccc3cc(F)ccc3c2)CC1. The van der Waals surface area contributed by atoms with E-state index >= 15 is 0 Å². The van der Waals surface area contributed by atoms with Gasteiger partial charge in [-0.25, -0.2) is 4.39 Å². The smallest absolute Gasteiger partial charge is 0.123 e. The summed E-state index contributed by atoms with van der Waals surface area (Å²) in [6.45, 7) is 2.27. The maximum Gasteiger partial charge on any atom is 0.123 e. The van der Waals surface area contributed by atoms with E-state index in [1.54, 1.807) is 12.1 Å². The second-order valence-corrected chi connectivity index (χ2v) is 5.86. The van der Waals surface area contributed by atoms with E-state index in [9.17, 15) is 4.39 Å². The number of fused-ring (bicyclic) bond motifs is 1. The van der Waals surface area contributed by atoms with Crippen LogP contribution in [0.15, 0.2) is 42.5 Å². The first-order chi connectivity index (χ1) is 9.76. The number of allylic oxidation sites excluding steroid dienone is 2. The van der Waals surface area contributed by atoms with E-state index in [1.165, 1.54) is 43.2 Å². The molecular formula is C19H21F. The Morgan fingerprint density at radius 2 is 1.90 bits per heavy atom. The molecule has 2 aromatic rings. The van der Waals surface area contributed by atoms with Gasteiger partial charge in [0.05, 0.1) is 0 Å². The lowest BCUT2D eigenvalue weighted by Crippen LogP contribution is -2.04. The molecule has 0 bridgehead atoms. The molecule has 0 aliphatic heterocycles. The lowest BCUT2D eigenvalue weighted by atomic mass is 9.84. The minimum absolute atomic E-state index is 0.162. The number of hydrogen-bond acceptors (Lipinski definition) is 0. The van der Waals surface area contributed by atoms with Crippen molar-refractivity contribution in [3.05, 3.63) is 53.9 Å². The van der Waals surface area contributed by atoms with Gasteiger partial charge in [-0.15, -0.1) is 0 Å². The third-order valence-corrected chi connectivity index (χ3v) is 4.39. The first-order valence-electron chi connectivity index (χ1n) is 7.65. The largest absolute Gasteiger partial charge is 0.207 e. The van der Waals surface area contributed by atoms with Crippen LogP contribution < -0.4 is 0 Å². The van der Waals surface area contributed by atoms with Crippen molar-refractivity contribution in [1.82, 2.24) is 0 Å². The van der Waals surface area contributed by atoms with Crippen molar-refractivity contribution in [2.24, 2.45) is 5.92 Å². The van der Waals surface area contributed by atoms with Crippen LogP contribution in [0.3, 0.4) is 0 Å². The second-order valence-electron chi connectivity index (χ2n) is 5.86. The summed E-state index contributed by atoms with van der Waals surface area (Å²) in [5, 5.41) is 2.11. The van der Waals surface area contributed by atoms with Crippen LogP contribution in [0.4, 0.5) is 4.39 Å². The molecule has 1 heteroatoms. The number of hydrogen-bond donors (Lipinski definition) is 0. The Kier molecular flexibility index (Phi) is 3.86. The monoisotopic (exact) mass is 268 g/mol. The maximum atomic E-state index is 13.2. The molecule has 0 spiro atoms. The van der Waals surface area contributed by atoms with Crippen molar-refractivity contribution in [3.8, 4) is 0 Å². The average Bonchev–Trinajstić information content (AvgIpc) is 2.48. The molecule has 0 aromatic heterocycles. The molecule has 0 amide bonds. The van der Waals surface area contributed by atoms with Gasteiger partial charge in [-0.3, -0.25) is 0 Å². The van der Waals surface area contributed by atoms with Crippen molar-refractivity contribution < 1.29 is 4.39 Å². The van der Waals surface area contributed by atoms with Crippen LogP contribution >= 0.6 is 0 Å². The van der Waals surface area contributed by atoms with Gasteiger partial charge in [0.2, 0.25) is 0 Å². The van der Waals surface area contributed by atoms with Gasteiger partial charge in [0.15, 0.2) is 0 Å². The average molecular weight is 268 g/mol. The Balaban J connectivity index is 1.86. The van der Waals surface area contributed by atoms with E-state index in [1.807, 2.05) is 12.1 Å². The summed E-state index contributed by atoms with van der Waals surface area (Å²) in [5.74, 6) is 0.711. The van der Waals surface area contributed by atoms with Crippen molar-refractivity contribution in [1.29, 1.82) is 0 Å². The highest BCUT2D eigenvalue weighted by molar-refractivity contribution is 5.86. The lowest BCUT2D eigenvalue weighted by molar-refractivity contribution is 0.445. The Morgan fingerprint density at radius 1 is 1.10 bits per heavy atom. The van der Waals surface area contributed by atoms with Crippen LogP contribution in [-0.2, 0) is 0 Å². The van der Waals surface area contributed by atoms with Crippen LogP contribution in [0, 0.1) is 11.7 Å². The van der Waals surface area contributed by atoms with Crippen LogP contribution in [0.5, 0.6) is 0 Å². The van der Waals surface area contributed by atoms with E-state index in [0.29, 0.717) is 0 Å². The minimum Gasteiger partial charge on any atom is -0.207 e. The quantitative estimate of drug-likeness (QED) is 0.644. The summed E-state index contributed by atoms with van der Waals surface area (Å²) in [5.41, 5.74) is 2.77. The van der Waals surface area contributed by atoms with Crippen LogP contribution in [-0.4, -0.2) is 0 Å². The second kappa shape index (κ2) is 5.78. The Labute approximate surface area is 120 Å². The van der Waals surface area contributed by atoms with Crippen LogP contribution in [0.1, 0.15) is 44.6 Å². The van der Waals surface area contributed by atoms with E-state index < -0.39 is 0 Å². The molecule has 0 saturated carbocycles. The summed E-state index contributed by atoms with van der Waals surface area (Å²) in [6.07, 6.45) is 8.74. The molecule has 104 valence electrons. The zero-order valence-electron chi connectivity index (χ0n) is 12.0. The zero-order chi connectivity index (χ0) is 13.9. The lowest BCUT2D eigenvalue weighted by Gasteiger charge is -2.21. The van der Waals surface area contributed by atoms with E-state index in [-0.39, 0.29) is 5.82 Å². The first-order valence-corrected chi connectivity index (χ1v) is 7.65. The van der Waals surface area contributed by atoms with Gasteiger partial charge in [0.25, 0.3) is 0 Å². The first kappa shape index (κ1) is 13.4. The van der Waals surface area contributed by atoms with Gasteiger partial charge in [-0.1, -0.05) is 44.0 Å². The fraction of sp³-hybridized carbons (Fsp3) is 0.368. The van der Waals surface area contributed by atoms with Crippen molar-refractivity contribution >= 4 is 16.3 Å². The molecule has 3 rings (SSSR count). The molecule has 0 radical (unpaired) electrons. The molecule has 2 aromatic carbocycles. The van der Waals surface area contributed by atoms with Crippen LogP contribution in [0.25, 0.3) is 16.3 Å². The Morgan fingerprint density at radius 3 is 2.65 bits per heavy atom.